The Balaban J connectivity index is 2.33. The van der Waals surface area contributed by atoms with Gasteiger partial charge in [-0.25, -0.2) is 13.1 Å². The van der Waals surface area contributed by atoms with Crippen LogP contribution in [0.5, 0.6) is 0 Å². The Kier molecular flexibility index (Phi) is 5.21. The second-order valence-corrected chi connectivity index (χ2v) is 7.06. The van der Waals surface area contributed by atoms with Gasteiger partial charge in [-0.2, -0.15) is 0 Å². The lowest BCUT2D eigenvalue weighted by Gasteiger charge is -2.25. The molecule has 2 N–H and O–H groups in total. The van der Waals surface area contributed by atoms with Crippen molar-refractivity contribution in [3.63, 3.8) is 0 Å². The molecule has 0 radical (unpaired) electrons. The quantitative estimate of drug-likeness (QED) is 0.767. The maximum atomic E-state index is 11.6. The Bertz CT molecular complexity index is 300. The van der Waals surface area contributed by atoms with Crippen molar-refractivity contribution < 1.29 is 13.5 Å². The van der Waals surface area contributed by atoms with Gasteiger partial charge in [0.1, 0.15) is 0 Å². The monoisotopic (exact) mass is 249 g/mol. The van der Waals surface area contributed by atoms with E-state index in [0.717, 1.165) is 25.7 Å². The van der Waals surface area contributed by atoms with Gasteiger partial charge in [0.25, 0.3) is 0 Å². The maximum Gasteiger partial charge on any atom is 0.211 e. The summed E-state index contributed by atoms with van der Waals surface area (Å²) in [5.41, 5.74) is 0. The summed E-state index contributed by atoms with van der Waals surface area (Å²) in [4.78, 5) is 0. The second kappa shape index (κ2) is 5.98. The third kappa shape index (κ3) is 5.27. The van der Waals surface area contributed by atoms with Crippen molar-refractivity contribution in [2.75, 3.05) is 12.3 Å². The zero-order valence-electron chi connectivity index (χ0n) is 10.1. The smallest absolute Gasteiger partial charge is 0.211 e. The molecule has 0 bridgehead atoms. The molecule has 0 aliphatic heterocycles. The molecule has 0 amide bonds. The number of aliphatic hydroxyl groups is 1. The van der Waals surface area contributed by atoms with Crippen molar-refractivity contribution in [2.24, 2.45) is 11.8 Å². The number of sulfonamides is 1. The van der Waals surface area contributed by atoms with Crippen LogP contribution in [-0.2, 0) is 10.0 Å². The van der Waals surface area contributed by atoms with Gasteiger partial charge in [0.2, 0.25) is 10.0 Å². The van der Waals surface area contributed by atoms with Crippen molar-refractivity contribution in [1.29, 1.82) is 0 Å². The topological polar surface area (TPSA) is 66.4 Å². The summed E-state index contributed by atoms with van der Waals surface area (Å²) in [7, 11) is -3.13. The van der Waals surface area contributed by atoms with Gasteiger partial charge in [-0.05, 0) is 31.1 Å². The van der Waals surface area contributed by atoms with Crippen LogP contribution in [0.15, 0.2) is 0 Å². The lowest BCUT2D eigenvalue weighted by Crippen LogP contribution is -2.35. The second-order valence-electron chi connectivity index (χ2n) is 5.21. The minimum absolute atomic E-state index is 0.148. The van der Waals surface area contributed by atoms with E-state index >= 15 is 0 Å². The lowest BCUT2D eigenvalue weighted by atomic mass is 9.87. The van der Waals surface area contributed by atoms with Crippen LogP contribution >= 0.6 is 0 Å². The molecule has 16 heavy (non-hydrogen) atoms. The van der Waals surface area contributed by atoms with Crippen LogP contribution in [0, 0.1) is 11.8 Å². The normalized spacial score (nSPS) is 27.2. The van der Waals surface area contributed by atoms with E-state index in [0.29, 0.717) is 12.5 Å². The Morgan fingerprint density at radius 2 is 2.06 bits per heavy atom. The number of rotatable bonds is 5. The predicted molar refractivity (Wildman–Crippen MR) is 64.6 cm³/mol. The van der Waals surface area contributed by atoms with Gasteiger partial charge in [0.15, 0.2) is 0 Å². The van der Waals surface area contributed by atoms with E-state index in [2.05, 4.69) is 4.72 Å². The predicted octanol–water partition coefficient (Wildman–Crippen LogP) is 1.11. The third-order valence-corrected chi connectivity index (χ3v) is 4.61. The molecule has 1 rings (SSSR count). The summed E-state index contributed by atoms with van der Waals surface area (Å²) < 4.78 is 25.8. The van der Waals surface area contributed by atoms with E-state index in [4.69, 9.17) is 0 Å². The molecule has 96 valence electrons. The molecule has 4 nitrogen and oxygen atoms in total. The van der Waals surface area contributed by atoms with Crippen LogP contribution in [0.2, 0.25) is 0 Å². The fourth-order valence-electron chi connectivity index (χ4n) is 2.19. The first kappa shape index (κ1) is 13.9. The first-order chi connectivity index (χ1) is 7.39. The van der Waals surface area contributed by atoms with Crippen LogP contribution in [0.4, 0.5) is 0 Å². The van der Waals surface area contributed by atoms with Gasteiger partial charge in [-0.15, -0.1) is 0 Å². The SMILES string of the molecule is CC(C)CS(=O)(=O)NCC1CCCC(O)C1. The molecule has 0 spiro atoms. The summed E-state index contributed by atoms with van der Waals surface area (Å²) in [6, 6.07) is 0. The van der Waals surface area contributed by atoms with E-state index in [1.807, 2.05) is 13.8 Å². The largest absolute Gasteiger partial charge is 0.393 e. The first-order valence-electron chi connectivity index (χ1n) is 6.04. The highest BCUT2D eigenvalue weighted by atomic mass is 32.2. The molecule has 2 atom stereocenters. The van der Waals surface area contributed by atoms with E-state index in [1.165, 1.54) is 0 Å². The Morgan fingerprint density at radius 3 is 2.62 bits per heavy atom. The van der Waals surface area contributed by atoms with Gasteiger partial charge < -0.3 is 5.11 Å². The van der Waals surface area contributed by atoms with Crippen LogP contribution in [-0.4, -0.2) is 31.9 Å². The summed E-state index contributed by atoms with van der Waals surface area (Å²) >= 11 is 0. The van der Waals surface area contributed by atoms with Crippen LogP contribution in [0.25, 0.3) is 0 Å². The van der Waals surface area contributed by atoms with E-state index in [1.54, 1.807) is 0 Å². The van der Waals surface area contributed by atoms with E-state index < -0.39 is 10.0 Å². The van der Waals surface area contributed by atoms with Gasteiger partial charge in [0, 0.05) is 6.54 Å². The third-order valence-electron chi connectivity index (χ3n) is 2.90. The number of aliphatic hydroxyl groups excluding tert-OH is 1. The Hall–Kier alpha value is -0.130. The molecule has 0 aromatic carbocycles. The zero-order chi connectivity index (χ0) is 12.2. The standard InChI is InChI=1S/C11H23NO3S/c1-9(2)8-16(14,15)12-7-10-4-3-5-11(13)6-10/h9-13H,3-8H2,1-2H3. The van der Waals surface area contributed by atoms with Crippen molar-refractivity contribution in [2.45, 2.75) is 45.6 Å². The van der Waals surface area contributed by atoms with Crippen molar-refractivity contribution >= 4 is 10.0 Å². The highest BCUT2D eigenvalue weighted by Gasteiger charge is 2.22. The Morgan fingerprint density at radius 1 is 1.38 bits per heavy atom. The molecule has 5 heteroatoms. The lowest BCUT2D eigenvalue weighted by molar-refractivity contribution is 0.102. The molecular formula is C11H23NO3S. The van der Waals surface area contributed by atoms with E-state index in [-0.39, 0.29) is 17.8 Å². The van der Waals surface area contributed by atoms with Gasteiger partial charge >= 0.3 is 0 Å². The minimum Gasteiger partial charge on any atom is -0.393 e. The molecule has 0 aromatic heterocycles. The highest BCUT2D eigenvalue weighted by Crippen LogP contribution is 2.23. The number of nitrogens with one attached hydrogen (secondary N) is 1. The number of hydrogen-bond donors (Lipinski definition) is 2. The fraction of sp³-hybridized carbons (Fsp3) is 1.00. The van der Waals surface area contributed by atoms with Gasteiger partial charge in [-0.3, -0.25) is 0 Å². The van der Waals surface area contributed by atoms with E-state index in [9.17, 15) is 13.5 Å². The molecule has 2 unspecified atom stereocenters. The maximum absolute atomic E-state index is 11.6. The minimum atomic E-state index is -3.13. The zero-order valence-corrected chi connectivity index (χ0v) is 11.0. The first-order valence-corrected chi connectivity index (χ1v) is 7.69. The summed E-state index contributed by atoms with van der Waals surface area (Å²) in [6.45, 7) is 4.26. The van der Waals surface area contributed by atoms with Crippen molar-refractivity contribution in [3.05, 3.63) is 0 Å². The average molecular weight is 249 g/mol. The summed E-state index contributed by atoms with van der Waals surface area (Å²) in [5, 5.41) is 9.48. The number of hydrogen-bond acceptors (Lipinski definition) is 3. The van der Waals surface area contributed by atoms with Crippen LogP contribution in [0.1, 0.15) is 39.5 Å². The Labute approximate surface area is 98.5 Å². The van der Waals surface area contributed by atoms with Gasteiger partial charge in [0.05, 0.1) is 11.9 Å². The average Bonchev–Trinajstić information content (AvgIpc) is 2.13. The van der Waals surface area contributed by atoms with Crippen LogP contribution in [0.3, 0.4) is 0 Å². The summed E-state index contributed by atoms with van der Waals surface area (Å²) in [5.74, 6) is 0.627. The molecule has 1 saturated carbocycles. The molecule has 0 heterocycles. The molecule has 0 saturated heterocycles. The fourth-order valence-corrected chi connectivity index (χ4v) is 3.68. The molecule has 1 aliphatic rings. The molecular weight excluding hydrogens is 226 g/mol. The molecule has 1 aliphatic carbocycles. The molecule has 1 fully saturated rings. The van der Waals surface area contributed by atoms with Crippen molar-refractivity contribution in [1.82, 2.24) is 4.72 Å². The van der Waals surface area contributed by atoms with Crippen molar-refractivity contribution in [3.8, 4) is 0 Å². The molecule has 0 aromatic rings. The summed E-state index contributed by atoms with van der Waals surface area (Å²) in [6.07, 6.45) is 3.35. The van der Waals surface area contributed by atoms with Gasteiger partial charge in [-0.1, -0.05) is 20.3 Å². The van der Waals surface area contributed by atoms with Crippen LogP contribution < -0.4 is 4.72 Å². The highest BCUT2D eigenvalue weighted by molar-refractivity contribution is 7.89.